The van der Waals surface area contributed by atoms with E-state index in [0.29, 0.717) is 10.0 Å². The molecule has 1 aromatic heterocycles. The van der Waals surface area contributed by atoms with Crippen molar-refractivity contribution in [1.82, 2.24) is 4.98 Å². The zero-order valence-electron chi connectivity index (χ0n) is 10.7. The van der Waals surface area contributed by atoms with Crippen LogP contribution < -0.4 is 4.74 Å². The highest BCUT2D eigenvalue weighted by atomic mass is 79.9. The van der Waals surface area contributed by atoms with E-state index >= 15 is 0 Å². The van der Waals surface area contributed by atoms with Gasteiger partial charge in [0.15, 0.2) is 0 Å². The highest BCUT2D eigenvalue weighted by molar-refractivity contribution is 9.10. The van der Waals surface area contributed by atoms with Crippen LogP contribution in [0.4, 0.5) is 5.69 Å². The van der Waals surface area contributed by atoms with E-state index in [9.17, 15) is 14.9 Å². The van der Waals surface area contributed by atoms with Crippen LogP contribution in [0.15, 0.2) is 34.9 Å². The minimum atomic E-state index is -1.10. The van der Waals surface area contributed by atoms with Crippen LogP contribution in [-0.4, -0.2) is 21.0 Å². The third kappa shape index (κ3) is 3.16. The third-order valence-electron chi connectivity index (χ3n) is 2.72. The second-order valence-corrected chi connectivity index (χ2v) is 4.99. The van der Waals surface area contributed by atoms with Crippen LogP contribution in [-0.2, 0) is 0 Å². The summed E-state index contributed by atoms with van der Waals surface area (Å²) in [6, 6.07) is 5.71. The number of carboxylic acids is 1. The Balaban J connectivity index is 2.46. The summed E-state index contributed by atoms with van der Waals surface area (Å²) < 4.78 is 5.85. The van der Waals surface area contributed by atoms with Gasteiger partial charge in [-0.1, -0.05) is 6.07 Å². The number of aromatic carboxylic acids is 1. The molecule has 0 saturated carbocycles. The molecule has 8 heteroatoms. The standard InChI is InChI=1S/C13H9BrN2O5/c1-7-9(13(17)18)3-2-4-11(7)21-12-10(16(19)20)5-8(14)6-15-12/h2-6H,1H3,(H,17,18). The van der Waals surface area contributed by atoms with Gasteiger partial charge in [0, 0.05) is 22.3 Å². The number of nitrogens with zero attached hydrogens (tertiary/aromatic N) is 2. The normalized spacial score (nSPS) is 10.2. The van der Waals surface area contributed by atoms with Crippen LogP contribution in [0.1, 0.15) is 15.9 Å². The van der Waals surface area contributed by atoms with E-state index in [1.165, 1.54) is 30.5 Å². The number of aromatic nitrogens is 1. The highest BCUT2D eigenvalue weighted by Gasteiger charge is 2.20. The molecule has 1 N–H and O–H groups in total. The Hall–Kier alpha value is -2.48. The number of halogens is 1. The van der Waals surface area contributed by atoms with Crippen molar-refractivity contribution in [2.75, 3.05) is 0 Å². The first-order valence-electron chi connectivity index (χ1n) is 5.71. The molecule has 1 aromatic carbocycles. The number of pyridine rings is 1. The summed E-state index contributed by atoms with van der Waals surface area (Å²) in [7, 11) is 0. The second-order valence-electron chi connectivity index (χ2n) is 4.07. The van der Waals surface area contributed by atoms with Crippen LogP contribution in [0, 0.1) is 17.0 Å². The Labute approximate surface area is 127 Å². The van der Waals surface area contributed by atoms with E-state index in [4.69, 9.17) is 9.84 Å². The van der Waals surface area contributed by atoms with Gasteiger partial charge in [0.05, 0.1) is 10.5 Å². The average molecular weight is 353 g/mol. The maximum atomic E-state index is 11.1. The van der Waals surface area contributed by atoms with Crippen LogP contribution in [0.3, 0.4) is 0 Å². The van der Waals surface area contributed by atoms with Gasteiger partial charge in [-0.05, 0) is 35.0 Å². The smallest absolute Gasteiger partial charge is 0.336 e. The molecule has 0 bridgehead atoms. The van der Waals surface area contributed by atoms with E-state index < -0.39 is 10.9 Å². The molecule has 0 unspecified atom stereocenters. The van der Waals surface area contributed by atoms with Crippen LogP contribution >= 0.6 is 15.9 Å². The van der Waals surface area contributed by atoms with E-state index in [1.807, 2.05) is 0 Å². The summed E-state index contributed by atoms with van der Waals surface area (Å²) in [5, 5.41) is 20.0. The molecule has 108 valence electrons. The molecule has 0 aliphatic carbocycles. The van der Waals surface area contributed by atoms with Crippen molar-refractivity contribution in [3.05, 3.63) is 56.2 Å². The molecule has 0 radical (unpaired) electrons. The summed E-state index contributed by atoms with van der Waals surface area (Å²) in [6.45, 7) is 1.56. The summed E-state index contributed by atoms with van der Waals surface area (Å²) in [5.41, 5.74) is 0.112. The van der Waals surface area contributed by atoms with Gasteiger partial charge >= 0.3 is 11.7 Å². The molecule has 1 heterocycles. The lowest BCUT2D eigenvalue weighted by molar-refractivity contribution is -0.386. The summed E-state index contributed by atoms with van der Waals surface area (Å²) >= 11 is 3.09. The second kappa shape index (κ2) is 5.88. The van der Waals surface area contributed by atoms with Crippen LogP contribution in [0.2, 0.25) is 0 Å². The van der Waals surface area contributed by atoms with Gasteiger partial charge in [-0.25, -0.2) is 9.78 Å². The van der Waals surface area contributed by atoms with Gasteiger partial charge in [0.25, 0.3) is 5.88 Å². The maximum absolute atomic E-state index is 11.1. The topological polar surface area (TPSA) is 103 Å². The molecule has 0 atom stereocenters. The van der Waals surface area contributed by atoms with Gasteiger partial charge in [-0.3, -0.25) is 10.1 Å². The fraction of sp³-hybridized carbons (Fsp3) is 0.0769. The SMILES string of the molecule is Cc1c(Oc2ncc(Br)cc2[N+](=O)[O-])cccc1C(=O)O. The molecule has 0 aliphatic rings. The number of benzene rings is 1. The zero-order chi connectivity index (χ0) is 15.6. The number of hydrogen-bond donors (Lipinski definition) is 1. The average Bonchev–Trinajstić information content (AvgIpc) is 2.42. The van der Waals surface area contributed by atoms with Crippen molar-refractivity contribution in [2.24, 2.45) is 0 Å². The number of hydrogen-bond acceptors (Lipinski definition) is 5. The van der Waals surface area contributed by atoms with E-state index in [0.717, 1.165) is 0 Å². The molecule has 7 nitrogen and oxygen atoms in total. The predicted octanol–water partition coefficient (Wildman–Crippen LogP) is 3.55. The molecular formula is C13H9BrN2O5. The van der Waals surface area contributed by atoms with Gasteiger partial charge in [0.1, 0.15) is 5.75 Å². The Morgan fingerprint density at radius 1 is 1.48 bits per heavy atom. The molecule has 0 amide bonds. The van der Waals surface area contributed by atoms with Crippen LogP contribution in [0.5, 0.6) is 11.6 Å². The zero-order valence-corrected chi connectivity index (χ0v) is 12.3. The highest BCUT2D eigenvalue weighted by Crippen LogP contribution is 2.33. The predicted molar refractivity (Wildman–Crippen MR) is 76.8 cm³/mol. The number of carboxylic acid groups (broad SMARTS) is 1. The molecule has 0 aliphatic heterocycles. The maximum Gasteiger partial charge on any atom is 0.336 e. The lowest BCUT2D eigenvalue weighted by Gasteiger charge is -2.09. The van der Waals surface area contributed by atoms with Gasteiger partial charge in [-0.15, -0.1) is 0 Å². The monoisotopic (exact) mass is 352 g/mol. The first-order chi connectivity index (χ1) is 9.90. The Morgan fingerprint density at radius 2 is 2.19 bits per heavy atom. The van der Waals surface area contributed by atoms with Crippen molar-refractivity contribution >= 4 is 27.6 Å². The molecule has 21 heavy (non-hydrogen) atoms. The van der Waals surface area contributed by atoms with Gasteiger partial charge in [0.2, 0.25) is 0 Å². The lowest BCUT2D eigenvalue weighted by Crippen LogP contribution is -2.02. The Morgan fingerprint density at radius 3 is 2.81 bits per heavy atom. The van der Waals surface area contributed by atoms with Crippen molar-refractivity contribution < 1.29 is 19.6 Å². The summed E-state index contributed by atoms with van der Waals surface area (Å²) in [4.78, 5) is 25.3. The molecule has 2 aromatic rings. The quantitative estimate of drug-likeness (QED) is 0.666. The fourth-order valence-electron chi connectivity index (χ4n) is 1.69. The number of ether oxygens (including phenoxy) is 1. The molecular weight excluding hydrogens is 344 g/mol. The Kier molecular flexibility index (Phi) is 4.18. The molecule has 0 fully saturated rings. The summed E-state index contributed by atoms with van der Waals surface area (Å²) in [6.07, 6.45) is 1.36. The van der Waals surface area contributed by atoms with Crippen molar-refractivity contribution in [1.29, 1.82) is 0 Å². The lowest BCUT2D eigenvalue weighted by atomic mass is 10.1. The van der Waals surface area contributed by atoms with E-state index in [2.05, 4.69) is 20.9 Å². The number of nitro groups is 1. The molecule has 0 saturated heterocycles. The molecule has 0 spiro atoms. The first kappa shape index (κ1) is 14.9. The van der Waals surface area contributed by atoms with Crippen molar-refractivity contribution in [3.8, 4) is 11.6 Å². The number of rotatable bonds is 4. The Bertz CT molecular complexity index is 732. The van der Waals surface area contributed by atoms with Gasteiger partial charge < -0.3 is 9.84 Å². The minimum absolute atomic E-state index is 0.0623. The molecule has 2 rings (SSSR count). The summed E-state index contributed by atoms with van der Waals surface area (Å²) in [5.74, 6) is -1.10. The van der Waals surface area contributed by atoms with E-state index in [1.54, 1.807) is 6.92 Å². The minimum Gasteiger partial charge on any atom is -0.478 e. The largest absolute Gasteiger partial charge is 0.478 e. The third-order valence-corrected chi connectivity index (χ3v) is 3.15. The first-order valence-corrected chi connectivity index (χ1v) is 6.50. The van der Waals surface area contributed by atoms with Crippen molar-refractivity contribution in [3.63, 3.8) is 0 Å². The van der Waals surface area contributed by atoms with Crippen molar-refractivity contribution in [2.45, 2.75) is 6.92 Å². The van der Waals surface area contributed by atoms with Gasteiger partial charge in [-0.2, -0.15) is 0 Å². The number of carbonyl (C=O) groups is 1. The fourth-order valence-corrected chi connectivity index (χ4v) is 2.01. The van der Waals surface area contributed by atoms with Crippen LogP contribution in [0.25, 0.3) is 0 Å². The van der Waals surface area contributed by atoms with E-state index in [-0.39, 0.29) is 22.9 Å².